The summed E-state index contributed by atoms with van der Waals surface area (Å²) in [5.41, 5.74) is 0. The van der Waals surface area contributed by atoms with Crippen molar-refractivity contribution in [3.05, 3.63) is 0 Å². The van der Waals surface area contributed by atoms with Gasteiger partial charge in [-0.05, 0) is 27.2 Å². The van der Waals surface area contributed by atoms with Gasteiger partial charge in [0.25, 0.3) is 0 Å². The molecule has 0 aromatic heterocycles. The zero-order valence-corrected chi connectivity index (χ0v) is 10.8. The molecule has 0 spiro atoms. The first kappa shape index (κ1) is 13.9. The van der Waals surface area contributed by atoms with E-state index in [9.17, 15) is 0 Å². The average molecular weight is 230 g/mol. The summed E-state index contributed by atoms with van der Waals surface area (Å²) < 4.78 is 5.72. The summed E-state index contributed by atoms with van der Waals surface area (Å²) in [7, 11) is 0. The van der Waals surface area contributed by atoms with Crippen molar-refractivity contribution in [2.24, 2.45) is 0 Å². The van der Waals surface area contributed by atoms with E-state index in [0.717, 1.165) is 32.7 Å². The third kappa shape index (κ3) is 4.78. The van der Waals surface area contributed by atoms with Crippen molar-refractivity contribution >= 4 is 0 Å². The Labute approximate surface area is 99.0 Å². The van der Waals surface area contributed by atoms with Crippen LogP contribution in [0.3, 0.4) is 0 Å². The van der Waals surface area contributed by atoms with E-state index in [-0.39, 0.29) is 12.7 Å². The molecule has 4 nitrogen and oxygen atoms in total. The van der Waals surface area contributed by atoms with E-state index >= 15 is 0 Å². The second kappa shape index (κ2) is 7.22. The minimum atomic E-state index is 0.248. The van der Waals surface area contributed by atoms with Crippen molar-refractivity contribution in [1.29, 1.82) is 0 Å². The number of hydrogen-bond donors (Lipinski definition) is 2. The van der Waals surface area contributed by atoms with Crippen LogP contribution in [0, 0.1) is 0 Å². The summed E-state index contributed by atoms with van der Waals surface area (Å²) >= 11 is 0. The topological polar surface area (TPSA) is 44.7 Å². The second-order valence-electron chi connectivity index (χ2n) is 4.90. The van der Waals surface area contributed by atoms with Crippen LogP contribution in [0.25, 0.3) is 0 Å². The van der Waals surface area contributed by atoms with Gasteiger partial charge in [-0.2, -0.15) is 0 Å². The molecule has 1 saturated heterocycles. The Kier molecular flexibility index (Phi) is 6.28. The first-order chi connectivity index (χ1) is 7.63. The zero-order valence-electron chi connectivity index (χ0n) is 10.8. The molecule has 1 rings (SSSR count). The van der Waals surface area contributed by atoms with Gasteiger partial charge in [-0.25, -0.2) is 0 Å². The molecule has 0 bridgehead atoms. The number of aliphatic hydroxyl groups excluding tert-OH is 1. The highest BCUT2D eigenvalue weighted by Crippen LogP contribution is 2.08. The zero-order chi connectivity index (χ0) is 12.0. The van der Waals surface area contributed by atoms with Crippen molar-refractivity contribution < 1.29 is 9.84 Å². The molecule has 0 amide bonds. The maximum Gasteiger partial charge on any atom is 0.0826 e. The highest BCUT2D eigenvalue weighted by Gasteiger charge is 2.22. The van der Waals surface area contributed by atoms with Gasteiger partial charge in [-0.3, -0.25) is 4.90 Å². The Hall–Kier alpha value is -0.160. The van der Waals surface area contributed by atoms with Crippen LogP contribution < -0.4 is 5.32 Å². The first-order valence-electron chi connectivity index (χ1n) is 6.33. The number of nitrogens with one attached hydrogen (secondary N) is 1. The molecule has 0 aliphatic carbocycles. The van der Waals surface area contributed by atoms with Crippen LogP contribution in [0.2, 0.25) is 0 Å². The van der Waals surface area contributed by atoms with Gasteiger partial charge in [0.05, 0.1) is 12.7 Å². The standard InChI is InChI=1S/C12H26N2O2/c1-10(2)14-5-7-16-12(9-14)8-13-11(3)4-6-15/h10-13,15H,4-9H2,1-3H3. The van der Waals surface area contributed by atoms with E-state index < -0.39 is 0 Å². The summed E-state index contributed by atoms with van der Waals surface area (Å²) in [6.07, 6.45) is 1.10. The maximum absolute atomic E-state index is 8.81. The molecule has 4 heteroatoms. The maximum atomic E-state index is 8.81. The van der Waals surface area contributed by atoms with Gasteiger partial charge in [-0.15, -0.1) is 0 Å². The molecule has 0 aromatic carbocycles. The Bertz CT molecular complexity index is 188. The Morgan fingerprint density at radius 1 is 1.44 bits per heavy atom. The minimum Gasteiger partial charge on any atom is -0.396 e. The van der Waals surface area contributed by atoms with E-state index in [0.29, 0.717) is 12.1 Å². The molecule has 16 heavy (non-hydrogen) atoms. The lowest BCUT2D eigenvalue weighted by atomic mass is 10.2. The predicted octanol–water partition coefficient (Wildman–Crippen LogP) is 0.456. The third-order valence-electron chi connectivity index (χ3n) is 3.16. The fourth-order valence-corrected chi connectivity index (χ4v) is 1.96. The summed E-state index contributed by atoms with van der Waals surface area (Å²) in [5.74, 6) is 0. The highest BCUT2D eigenvalue weighted by atomic mass is 16.5. The van der Waals surface area contributed by atoms with Gasteiger partial charge in [-0.1, -0.05) is 0 Å². The molecule has 1 aliphatic rings. The largest absolute Gasteiger partial charge is 0.396 e. The van der Waals surface area contributed by atoms with Crippen molar-refractivity contribution in [3.8, 4) is 0 Å². The number of ether oxygens (including phenoxy) is 1. The Morgan fingerprint density at radius 2 is 2.19 bits per heavy atom. The van der Waals surface area contributed by atoms with Crippen LogP contribution in [0.5, 0.6) is 0 Å². The molecule has 2 unspecified atom stereocenters. The lowest BCUT2D eigenvalue weighted by Crippen LogP contribution is -2.50. The first-order valence-corrected chi connectivity index (χ1v) is 6.33. The lowest BCUT2D eigenvalue weighted by Gasteiger charge is -2.36. The summed E-state index contributed by atoms with van der Waals surface area (Å²) in [5, 5.41) is 12.2. The molecule has 2 atom stereocenters. The normalized spacial score (nSPS) is 24.9. The molecule has 1 fully saturated rings. The van der Waals surface area contributed by atoms with Crippen LogP contribution >= 0.6 is 0 Å². The number of aliphatic hydroxyl groups is 1. The van der Waals surface area contributed by atoms with Crippen LogP contribution in [0.1, 0.15) is 27.2 Å². The molecule has 0 radical (unpaired) electrons. The third-order valence-corrected chi connectivity index (χ3v) is 3.16. The molecule has 2 N–H and O–H groups in total. The van der Waals surface area contributed by atoms with E-state index in [1.54, 1.807) is 0 Å². The predicted molar refractivity (Wildman–Crippen MR) is 65.6 cm³/mol. The van der Waals surface area contributed by atoms with E-state index in [1.807, 2.05) is 0 Å². The number of nitrogens with zero attached hydrogens (tertiary/aromatic N) is 1. The van der Waals surface area contributed by atoms with Gasteiger partial charge >= 0.3 is 0 Å². The Morgan fingerprint density at radius 3 is 2.81 bits per heavy atom. The van der Waals surface area contributed by atoms with E-state index in [1.165, 1.54) is 0 Å². The van der Waals surface area contributed by atoms with Crippen molar-refractivity contribution in [2.75, 3.05) is 32.8 Å². The molecule has 1 aliphatic heterocycles. The fourth-order valence-electron chi connectivity index (χ4n) is 1.96. The highest BCUT2D eigenvalue weighted by molar-refractivity contribution is 4.76. The average Bonchev–Trinajstić information content (AvgIpc) is 2.27. The molecule has 0 saturated carbocycles. The number of morpholine rings is 1. The van der Waals surface area contributed by atoms with Crippen molar-refractivity contribution in [1.82, 2.24) is 10.2 Å². The summed E-state index contributed by atoms with van der Waals surface area (Å²) in [6, 6.07) is 0.962. The number of hydrogen-bond acceptors (Lipinski definition) is 4. The van der Waals surface area contributed by atoms with Crippen LogP contribution in [-0.2, 0) is 4.74 Å². The van der Waals surface area contributed by atoms with Crippen LogP contribution in [0.15, 0.2) is 0 Å². The van der Waals surface area contributed by atoms with Gasteiger partial charge in [0.2, 0.25) is 0 Å². The molecular weight excluding hydrogens is 204 g/mol. The lowest BCUT2D eigenvalue weighted by molar-refractivity contribution is -0.0381. The Balaban J connectivity index is 2.21. The molecule has 1 heterocycles. The second-order valence-corrected chi connectivity index (χ2v) is 4.90. The van der Waals surface area contributed by atoms with Gasteiger partial charge in [0, 0.05) is 38.3 Å². The molecule has 96 valence electrons. The molecular formula is C12H26N2O2. The van der Waals surface area contributed by atoms with Gasteiger partial charge in [0.15, 0.2) is 0 Å². The molecule has 0 aromatic rings. The minimum absolute atomic E-state index is 0.248. The van der Waals surface area contributed by atoms with Gasteiger partial charge < -0.3 is 15.2 Å². The summed E-state index contributed by atoms with van der Waals surface area (Å²) in [6.45, 7) is 10.6. The van der Waals surface area contributed by atoms with Crippen molar-refractivity contribution in [3.63, 3.8) is 0 Å². The van der Waals surface area contributed by atoms with Gasteiger partial charge in [0.1, 0.15) is 0 Å². The fraction of sp³-hybridized carbons (Fsp3) is 1.00. The van der Waals surface area contributed by atoms with E-state index in [4.69, 9.17) is 9.84 Å². The van der Waals surface area contributed by atoms with Crippen molar-refractivity contribution in [2.45, 2.75) is 45.4 Å². The quantitative estimate of drug-likeness (QED) is 0.696. The van der Waals surface area contributed by atoms with E-state index in [2.05, 4.69) is 31.0 Å². The monoisotopic (exact) mass is 230 g/mol. The SMILES string of the molecule is CC(CCO)NCC1CN(C(C)C)CCO1. The summed E-state index contributed by atoms with van der Waals surface area (Å²) in [4.78, 5) is 2.45. The smallest absolute Gasteiger partial charge is 0.0826 e. The number of rotatable bonds is 6. The van der Waals surface area contributed by atoms with Crippen LogP contribution in [0.4, 0.5) is 0 Å². The van der Waals surface area contributed by atoms with Crippen LogP contribution in [-0.4, -0.2) is 61.0 Å².